The largest absolute Gasteiger partial charge is 0.456 e. The second kappa shape index (κ2) is 12.9. The van der Waals surface area contributed by atoms with E-state index in [-0.39, 0.29) is 12.3 Å². The zero-order valence-corrected chi connectivity index (χ0v) is 37.3. The van der Waals surface area contributed by atoms with Crippen molar-refractivity contribution in [1.29, 1.82) is 0 Å². The van der Waals surface area contributed by atoms with Crippen LogP contribution in [0.15, 0.2) is 191 Å². The number of hydrogen-bond donors (Lipinski definition) is 0. The molecule has 310 valence electrons. The lowest BCUT2D eigenvalue weighted by molar-refractivity contribution is 0.590. The molecule has 0 spiro atoms. The molecule has 0 unspecified atom stereocenters. The van der Waals surface area contributed by atoms with E-state index in [0.29, 0.717) is 0 Å². The lowest BCUT2D eigenvalue weighted by atomic mass is 9.44. The van der Waals surface area contributed by atoms with Gasteiger partial charge >= 0.3 is 6.85 Å². The molecule has 4 aromatic heterocycles. The monoisotopic (exact) mass is 862 g/mol. The Hall–Kier alpha value is -7.80. The Bertz CT molecular complexity index is 4210. The predicted molar refractivity (Wildman–Crippen MR) is 279 cm³/mol. The van der Waals surface area contributed by atoms with Crippen LogP contribution in [-0.4, -0.2) is 11.4 Å². The Morgan fingerprint density at radius 2 is 1.14 bits per heavy atom. The molecule has 9 aromatic carbocycles. The van der Waals surface area contributed by atoms with E-state index in [1.165, 1.54) is 81.2 Å². The molecule has 66 heavy (non-hydrogen) atoms. The van der Waals surface area contributed by atoms with E-state index in [0.717, 1.165) is 60.8 Å². The summed E-state index contributed by atoms with van der Waals surface area (Å²) in [6.45, 7) is 6.72. The summed E-state index contributed by atoms with van der Waals surface area (Å²) in [6.07, 6.45) is 0. The molecule has 0 N–H and O–H groups in total. The first-order chi connectivity index (χ1) is 32.4. The van der Waals surface area contributed by atoms with Gasteiger partial charge in [-0.2, -0.15) is 0 Å². The Labute approximate surface area is 384 Å². The standard InChI is InChI=1S/C60H39BN2O2S/c1-60(2,3)36-22-24-37(25-23-36)63-49-33-54-44(38-18-10-13-21-52(38)65-54)28-42(49)40-26-27-41-43-29-45-39-19-11-12-20-51(39)64-53(45)32-48(43)62-50-30-46-55(31-47(50)61(63)57(40)58(41)62)66-59(35-16-8-5-9-17-35)56(46)34-14-6-4-7-15-34/h4-33H,1-3H3. The molecule has 0 amide bonds. The van der Waals surface area contributed by atoms with Crippen LogP contribution in [0.2, 0.25) is 0 Å². The third-order valence-corrected chi connectivity index (χ3v) is 15.7. The molecule has 6 heteroatoms. The second-order valence-electron chi connectivity index (χ2n) is 19.2. The third-order valence-electron chi connectivity index (χ3n) is 14.5. The maximum Gasteiger partial charge on any atom is 0.333 e. The van der Waals surface area contributed by atoms with Crippen molar-refractivity contribution in [1.82, 2.24) is 4.57 Å². The van der Waals surface area contributed by atoms with Gasteiger partial charge in [0, 0.05) is 87.6 Å². The first-order valence-corrected chi connectivity index (χ1v) is 23.7. The van der Waals surface area contributed by atoms with Gasteiger partial charge in [-0.25, -0.2) is 0 Å². The molecule has 2 aliphatic rings. The van der Waals surface area contributed by atoms with E-state index < -0.39 is 0 Å². The molecule has 0 atom stereocenters. The summed E-state index contributed by atoms with van der Waals surface area (Å²) in [5.74, 6) is 0. The summed E-state index contributed by atoms with van der Waals surface area (Å²) >= 11 is 1.90. The molecular formula is C60H39BN2O2S. The highest BCUT2D eigenvalue weighted by Crippen LogP contribution is 2.51. The Morgan fingerprint density at radius 3 is 1.85 bits per heavy atom. The molecule has 0 bridgehead atoms. The van der Waals surface area contributed by atoms with Gasteiger partial charge in [0.2, 0.25) is 0 Å². The zero-order valence-electron chi connectivity index (χ0n) is 36.5. The van der Waals surface area contributed by atoms with Gasteiger partial charge in [-0.1, -0.05) is 142 Å². The summed E-state index contributed by atoms with van der Waals surface area (Å²) in [4.78, 5) is 3.89. The second-order valence-corrected chi connectivity index (χ2v) is 20.3. The summed E-state index contributed by atoms with van der Waals surface area (Å²) in [6, 6.07) is 67.2. The number of aromatic nitrogens is 1. The fourth-order valence-corrected chi connectivity index (χ4v) is 12.8. The van der Waals surface area contributed by atoms with Crippen LogP contribution in [-0.2, 0) is 5.41 Å². The number of furan rings is 2. The Balaban J connectivity index is 1.12. The summed E-state index contributed by atoms with van der Waals surface area (Å²) in [5.41, 5.74) is 19.5. The van der Waals surface area contributed by atoms with Crippen molar-refractivity contribution in [3.8, 4) is 38.4 Å². The first-order valence-electron chi connectivity index (χ1n) is 22.9. The van der Waals surface area contributed by atoms with E-state index in [9.17, 15) is 0 Å². The number of fused-ring (bicyclic) bond motifs is 15. The van der Waals surface area contributed by atoms with Gasteiger partial charge in [-0.05, 0) is 87.1 Å². The summed E-state index contributed by atoms with van der Waals surface area (Å²) in [7, 11) is 0. The lowest BCUT2D eigenvalue weighted by Gasteiger charge is -2.42. The highest BCUT2D eigenvalue weighted by molar-refractivity contribution is 7.23. The highest BCUT2D eigenvalue weighted by atomic mass is 32.1. The van der Waals surface area contributed by atoms with Crippen molar-refractivity contribution in [2.45, 2.75) is 26.2 Å². The van der Waals surface area contributed by atoms with Crippen molar-refractivity contribution < 1.29 is 8.83 Å². The molecule has 4 nitrogen and oxygen atoms in total. The SMILES string of the molecule is CC(C)(C)c1ccc(N2B3c4cc5sc(-c6ccccc6)c(-c6ccccc6)c5cc4-n4c5cc6oc7ccccc7c6cc5c5ccc(c3c54)-c3cc4c(cc32)oc2ccccc24)cc1. The lowest BCUT2D eigenvalue weighted by Crippen LogP contribution is -2.60. The average Bonchev–Trinajstić information content (AvgIpc) is 4.10. The normalized spacial score (nSPS) is 13.3. The van der Waals surface area contributed by atoms with Gasteiger partial charge in [-0.15, -0.1) is 11.3 Å². The van der Waals surface area contributed by atoms with Crippen molar-refractivity contribution >= 4 is 116 Å². The molecule has 0 saturated carbocycles. The minimum atomic E-state index is -0.152. The molecule has 0 radical (unpaired) electrons. The van der Waals surface area contributed by atoms with Crippen LogP contribution in [0.4, 0.5) is 11.4 Å². The average molecular weight is 863 g/mol. The number of anilines is 2. The van der Waals surface area contributed by atoms with Gasteiger partial charge in [-0.3, -0.25) is 0 Å². The van der Waals surface area contributed by atoms with Crippen molar-refractivity contribution in [3.05, 3.63) is 188 Å². The van der Waals surface area contributed by atoms with Crippen molar-refractivity contribution in [3.63, 3.8) is 0 Å². The van der Waals surface area contributed by atoms with Crippen LogP contribution in [0.25, 0.3) is 114 Å². The maximum absolute atomic E-state index is 6.70. The quantitative estimate of drug-likeness (QED) is 0.166. The van der Waals surface area contributed by atoms with Crippen LogP contribution < -0.4 is 15.7 Å². The fourth-order valence-electron chi connectivity index (χ4n) is 11.5. The number of rotatable bonds is 3. The van der Waals surface area contributed by atoms with E-state index >= 15 is 0 Å². The van der Waals surface area contributed by atoms with Crippen LogP contribution >= 0.6 is 11.3 Å². The molecule has 2 aliphatic heterocycles. The molecule has 13 aromatic rings. The molecule has 0 aliphatic carbocycles. The Kier molecular flexibility index (Phi) is 7.16. The van der Waals surface area contributed by atoms with Gasteiger partial charge < -0.3 is 18.2 Å². The van der Waals surface area contributed by atoms with Crippen molar-refractivity contribution in [2.24, 2.45) is 0 Å². The van der Waals surface area contributed by atoms with Gasteiger partial charge in [0.25, 0.3) is 0 Å². The van der Waals surface area contributed by atoms with E-state index in [4.69, 9.17) is 8.83 Å². The molecule has 0 fully saturated rings. The fraction of sp³-hybridized carbons (Fsp3) is 0.0667. The number of benzene rings is 9. The van der Waals surface area contributed by atoms with Crippen LogP contribution in [0.1, 0.15) is 26.3 Å². The van der Waals surface area contributed by atoms with Crippen LogP contribution in [0.5, 0.6) is 0 Å². The number of nitrogens with zero attached hydrogens (tertiary/aromatic N) is 2. The molecular weight excluding hydrogens is 824 g/mol. The summed E-state index contributed by atoms with van der Waals surface area (Å²) in [5, 5.41) is 8.25. The summed E-state index contributed by atoms with van der Waals surface area (Å²) < 4.78 is 17.2. The smallest absolute Gasteiger partial charge is 0.333 e. The first kappa shape index (κ1) is 36.5. The van der Waals surface area contributed by atoms with Gasteiger partial charge in [0.05, 0.1) is 11.0 Å². The molecule has 0 saturated heterocycles. The highest BCUT2D eigenvalue weighted by Gasteiger charge is 2.45. The number of para-hydroxylation sites is 2. The van der Waals surface area contributed by atoms with E-state index in [1.807, 2.05) is 11.3 Å². The van der Waals surface area contributed by atoms with E-state index in [1.54, 1.807) is 0 Å². The molecule has 6 heterocycles. The van der Waals surface area contributed by atoms with Crippen LogP contribution in [0, 0.1) is 0 Å². The zero-order chi connectivity index (χ0) is 43.6. The van der Waals surface area contributed by atoms with E-state index in [2.05, 4.69) is 212 Å². The number of thiophene rings is 1. The maximum atomic E-state index is 6.70. The number of hydrogen-bond acceptors (Lipinski definition) is 4. The minimum Gasteiger partial charge on any atom is -0.456 e. The minimum absolute atomic E-state index is 0.0120. The third kappa shape index (κ3) is 4.89. The van der Waals surface area contributed by atoms with Crippen LogP contribution in [0.3, 0.4) is 0 Å². The Morgan fingerprint density at radius 1 is 0.485 bits per heavy atom. The van der Waals surface area contributed by atoms with Gasteiger partial charge in [0.15, 0.2) is 0 Å². The topological polar surface area (TPSA) is 34.5 Å². The van der Waals surface area contributed by atoms with Crippen molar-refractivity contribution in [2.75, 3.05) is 4.81 Å². The molecule has 15 rings (SSSR count). The predicted octanol–water partition coefficient (Wildman–Crippen LogP) is 15.7. The van der Waals surface area contributed by atoms with Gasteiger partial charge in [0.1, 0.15) is 22.3 Å².